The van der Waals surface area contributed by atoms with Gasteiger partial charge in [0, 0.05) is 18.3 Å². The van der Waals surface area contributed by atoms with Gasteiger partial charge in [0.2, 0.25) is 5.91 Å². The smallest absolute Gasteiger partial charge is 0.417 e. The standard InChI is InChI=1S/C19H19ClF3N3O5/c1-25(9-14(27)11-31-15-4-2-3-13(8-15)26(29)30)10-18(28)24-12-5-6-17(20)16(7-12)19(21,22)23/h2-8,14,27H,9-11H2,1H3,(H,24,28). The van der Waals surface area contributed by atoms with Crippen LogP contribution in [0.4, 0.5) is 24.5 Å². The average molecular weight is 462 g/mol. The number of aliphatic hydroxyl groups excluding tert-OH is 1. The highest BCUT2D eigenvalue weighted by atomic mass is 35.5. The number of amides is 1. The van der Waals surface area contributed by atoms with Crippen molar-refractivity contribution in [3.8, 4) is 5.75 Å². The fraction of sp³-hybridized carbons (Fsp3) is 0.316. The third kappa shape index (κ3) is 7.70. The van der Waals surface area contributed by atoms with E-state index in [9.17, 15) is 33.2 Å². The molecule has 0 radical (unpaired) electrons. The van der Waals surface area contributed by atoms with Crippen molar-refractivity contribution in [2.45, 2.75) is 12.3 Å². The van der Waals surface area contributed by atoms with E-state index < -0.39 is 33.7 Å². The van der Waals surface area contributed by atoms with E-state index in [0.717, 1.165) is 12.1 Å². The second kappa shape index (κ2) is 10.4. The molecule has 0 saturated carbocycles. The van der Waals surface area contributed by atoms with Crippen LogP contribution >= 0.6 is 11.6 Å². The van der Waals surface area contributed by atoms with E-state index in [0.29, 0.717) is 0 Å². The number of anilines is 1. The van der Waals surface area contributed by atoms with Gasteiger partial charge in [0.05, 0.1) is 28.1 Å². The van der Waals surface area contributed by atoms with Crippen LogP contribution < -0.4 is 10.1 Å². The topological polar surface area (TPSA) is 105 Å². The first-order valence-electron chi connectivity index (χ1n) is 8.86. The number of carbonyl (C=O) groups excluding carboxylic acids is 1. The molecule has 0 bridgehead atoms. The molecule has 12 heteroatoms. The second-order valence-corrected chi connectivity index (χ2v) is 7.06. The summed E-state index contributed by atoms with van der Waals surface area (Å²) < 4.78 is 44.0. The van der Waals surface area contributed by atoms with Gasteiger partial charge >= 0.3 is 6.18 Å². The van der Waals surface area contributed by atoms with Crippen molar-refractivity contribution in [3.63, 3.8) is 0 Å². The number of alkyl halides is 3. The maximum Gasteiger partial charge on any atom is 0.417 e. The lowest BCUT2D eigenvalue weighted by molar-refractivity contribution is -0.384. The summed E-state index contributed by atoms with van der Waals surface area (Å²) in [4.78, 5) is 23.7. The van der Waals surface area contributed by atoms with Gasteiger partial charge in [0.25, 0.3) is 5.69 Å². The summed E-state index contributed by atoms with van der Waals surface area (Å²) in [5.74, 6) is -0.387. The molecule has 0 heterocycles. The van der Waals surface area contributed by atoms with Gasteiger partial charge in [-0.3, -0.25) is 19.8 Å². The Labute approximate surface area is 180 Å². The van der Waals surface area contributed by atoms with Gasteiger partial charge in [0.15, 0.2) is 0 Å². The van der Waals surface area contributed by atoms with E-state index in [2.05, 4.69) is 5.32 Å². The lowest BCUT2D eigenvalue weighted by Gasteiger charge is -2.20. The summed E-state index contributed by atoms with van der Waals surface area (Å²) >= 11 is 5.54. The number of rotatable bonds is 9. The highest BCUT2D eigenvalue weighted by Crippen LogP contribution is 2.36. The minimum absolute atomic E-state index is 0.0107. The number of carbonyl (C=O) groups is 1. The highest BCUT2D eigenvalue weighted by molar-refractivity contribution is 6.31. The molecular weight excluding hydrogens is 443 g/mol. The van der Waals surface area contributed by atoms with Gasteiger partial charge in [-0.25, -0.2) is 0 Å². The number of aliphatic hydroxyl groups is 1. The summed E-state index contributed by atoms with van der Waals surface area (Å²) in [7, 11) is 1.53. The molecule has 0 spiro atoms. The Morgan fingerprint density at radius 1 is 1.32 bits per heavy atom. The Kier molecular flexibility index (Phi) is 8.20. The summed E-state index contributed by atoms with van der Waals surface area (Å²) in [6.07, 6.45) is -5.68. The molecule has 0 aliphatic rings. The number of ether oxygens (including phenoxy) is 1. The van der Waals surface area contributed by atoms with Crippen LogP contribution in [0.1, 0.15) is 5.56 Å². The molecule has 2 aromatic rings. The number of nitro groups is 1. The predicted molar refractivity (Wildman–Crippen MR) is 107 cm³/mol. The van der Waals surface area contributed by atoms with Gasteiger partial charge < -0.3 is 15.2 Å². The average Bonchev–Trinajstić information content (AvgIpc) is 2.67. The van der Waals surface area contributed by atoms with E-state index in [-0.39, 0.29) is 36.8 Å². The number of non-ortho nitro benzene ring substituents is 1. The zero-order valence-electron chi connectivity index (χ0n) is 16.2. The first-order chi connectivity index (χ1) is 14.5. The molecule has 1 unspecified atom stereocenters. The summed E-state index contributed by atoms with van der Waals surface area (Å²) in [5, 5.41) is 22.7. The van der Waals surface area contributed by atoms with Crippen LogP contribution in [0.25, 0.3) is 0 Å². The molecule has 0 aromatic heterocycles. The quantitative estimate of drug-likeness (QED) is 0.437. The Bertz CT molecular complexity index is 942. The van der Waals surface area contributed by atoms with Crippen molar-refractivity contribution in [2.75, 3.05) is 32.1 Å². The molecule has 8 nitrogen and oxygen atoms in total. The van der Waals surface area contributed by atoms with Crippen LogP contribution in [-0.2, 0) is 11.0 Å². The molecule has 0 aliphatic heterocycles. The van der Waals surface area contributed by atoms with Gasteiger partial charge in [-0.05, 0) is 31.3 Å². The van der Waals surface area contributed by atoms with Crippen molar-refractivity contribution >= 4 is 28.9 Å². The van der Waals surface area contributed by atoms with E-state index >= 15 is 0 Å². The van der Waals surface area contributed by atoms with Gasteiger partial charge in [-0.15, -0.1) is 0 Å². The van der Waals surface area contributed by atoms with Crippen molar-refractivity contribution in [1.29, 1.82) is 0 Å². The van der Waals surface area contributed by atoms with Crippen molar-refractivity contribution in [2.24, 2.45) is 0 Å². The SMILES string of the molecule is CN(CC(=O)Nc1ccc(Cl)c(C(F)(F)F)c1)CC(O)COc1cccc([N+](=O)[O-])c1. The van der Waals surface area contributed by atoms with Crippen LogP contribution in [-0.4, -0.2) is 53.7 Å². The largest absolute Gasteiger partial charge is 0.491 e. The molecule has 1 amide bonds. The Balaban J connectivity index is 1.84. The second-order valence-electron chi connectivity index (χ2n) is 6.66. The molecule has 31 heavy (non-hydrogen) atoms. The number of hydrogen-bond donors (Lipinski definition) is 2. The summed E-state index contributed by atoms with van der Waals surface area (Å²) in [5.41, 5.74) is -1.28. The normalized spacial score (nSPS) is 12.5. The van der Waals surface area contributed by atoms with Crippen molar-refractivity contribution in [1.82, 2.24) is 4.90 Å². The molecular formula is C19H19ClF3N3O5. The number of halogens is 4. The van der Waals surface area contributed by atoms with E-state index in [4.69, 9.17) is 16.3 Å². The van der Waals surface area contributed by atoms with Gasteiger partial charge in [-0.2, -0.15) is 13.2 Å². The predicted octanol–water partition coefficient (Wildman–Crippen LogP) is 3.58. The lowest BCUT2D eigenvalue weighted by atomic mass is 10.2. The molecule has 0 saturated heterocycles. The minimum Gasteiger partial charge on any atom is -0.491 e. The minimum atomic E-state index is -4.65. The highest BCUT2D eigenvalue weighted by Gasteiger charge is 2.33. The van der Waals surface area contributed by atoms with Crippen molar-refractivity contribution < 1.29 is 32.7 Å². The van der Waals surface area contributed by atoms with E-state index in [1.807, 2.05) is 0 Å². The molecule has 2 N–H and O–H groups in total. The van der Waals surface area contributed by atoms with Gasteiger partial charge in [-0.1, -0.05) is 17.7 Å². The summed E-state index contributed by atoms with van der Waals surface area (Å²) in [6.45, 7) is -0.381. The number of nitrogens with zero attached hydrogens (tertiary/aromatic N) is 2. The number of hydrogen-bond acceptors (Lipinski definition) is 6. The first-order valence-corrected chi connectivity index (χ1v) is 9.24. The molecule has 0 aliphatic carbocycles. The van der Waals surface area contributed by atoms with E-state index in [1.165, 1.54) is 42.3 Å². The number of nitrogens with one attached hydrogen (secondary N) is 1. The molecule has 168 valence electrons. The first kappa shape index (κ1) is 24.4. The molecule has 0 fully saturated rings. The fourth-order valence-corrected chi connectivity index (χ4v) is 2.85. The van der Waals surface area contributed by atoms with E-state index in [1.54, 1.807) is 0 Å². The van der Waals surface area contributed by atoms with Crippen LogP contribution in [0, 0.1) is 10.1 Å². The van der Waals surface area contributed by atoms with Gasteiger partial charge in [0.1, 0.15) is 18.5 Å². The fourth-order valence-electron chi connectivity index (χ4n) is 2.62. The number of likely N-dealkylation sites (N-methyl/N-ethyl adjacent to an activating group) is 1. The van der Waals surface area contributed by atoms with Crippen LogP contribution in [0.15, 0.2) is 42.5 Å². The van der Waals surface area contributed by atoms with Crippen molar-refractivity contribution in [3.05, 3.63) is 63.2 Å². The zero-order valence-corrected chi connectivity index (χ0v) is 17.0. The maximum absolute atomic E-state index is 12.9. The monoisotopic (exact) mass is 461 g/mol. The third-order valence-corrected chi connectivity index (χ3v) is 4.29. The van der Waals surface area contributed by atoms with Crippen LogP contribution in [0.3, 0.4) is 0 Å². The summed E-state index contributed by atoms with van der Waals surface area (Å²) in [6, 6.07) is 8.48. The van der Waals surface area contributed by atoms with Crippen LogP contribution in [0.5, 0.6) is 5.75 Å². The van der Waals surface area contributed by atoms with Crippen LogP contribution in [0.2, 0.25) is 5.02 Å². The molecule has 2 aromatic carbocycles. The lowest BCUT2D eigenvalue weighted by Crippen LogP contribution is -2.37. The third-order valence-electron chi connectivity index (χ3n) is 3.96. The number of benzene rings is 2. The Hall–Kier alpha value is -2.89. The molecule has 1 atom stereocenters. The molecule has 2 rings (SSSR count). The maximum atomic E-state index is 12.9. The Morgan fingerprint density at radius 2 is 2.03 bits per heavy atom. The number of nitro benzene ring substituents is 1. The zero-order chi connectivity index (χ0) is 23.2. The Morgan fingerprint density at radius 3 is 2.68 bits per heavy atom.